The second kappa shape index (κ2) is 10.3. The highest BCUT2D eigenvalue weighted by molar-refractivity contribution is 8.44. The van der Waals surface area contributed by atoms with E-state index >= 15 is 0 Å². The number of nitrogens with zero attached hydrogens (tertiary/aromatic N) is 5. The van der Waals surface area contributed by atoms with Crippen LogP contribution in [-0.4, -0.2) is 71.8 Å². The highest BCUT2D eigenvalue weighted by Gasteiger charge is 2.73. The number of aromatic nitrogens is 6. The van der Waals surface area contributed by atoms with Gasteiger partial charge in [0.2, 0.25) is 5.95 Å². The van der Waals surface area contributed by atoms with Crippen LogP contribution in [0.3, 0.4) is 0 Å². The van der Waals surface area contributed by atoms with E-state index in [1.54, 1.807) is 10.9 Å². The summed E-state index contributed by atoms with van der Waals surface area (Å²) >= 11 is 4.21. The highest BCUT2D eigenvalue weighted by Crippen LogP contribution is 2.72. The fraction of sp³-hybridized carbons (Fsp3) is 0.565. The number of aliphatic hydroxyl groups is 1. The first-order valence-electron chi connectivity index (χ1n) is 13.4. The highest BCUT2D eigenvalue weighted by atomic mass is 32.7. The molecule has 2 unspecified atom stereocenters. The molecule has 17 nitrogen and oxygen atoms in total. The van der Waals surface area contributed by atoms with Crippen LogP contribution in [0.25, 0.3) is 16.9 Å². The fourth-order valence-electron chi connectivity index (χ4n) is 6.71. The van der Waals surface area contributed by atoms with Crippen molar-refractivity contribution >= 4 is 50.1 Å². The van der Waals surface area contributed by atoms with Crippen molar-refractivity contribution < 1.29 is 37.1 Å². The van der Waals surface area contributed by atoms with Gasteiger partial charge in [-0.3, -0.25) is 28.0 Å². The molecule has 1 spiro atoms. The summed E-state index contributed by atoms with van der Waals surface area (Å²) in [6.45, 7) is 1.15. The van der Waals surface area contributed by atoms with Crippen molar-refractivity contribution in [1.29, 1.82) is 0 Å². The smallest absolute Gasteiger partial charge is 0.386 e. The summed E-state index contributed by atoms with van der Waals surface area (Å²) in [5, 5.41) is 11.5. The van der Waals surface area contributed by atoms with Crippen molar-refractivity contribution in [1.82, 2.24) is 29.1 Å². The van der Waals surface area contributed by atoms with Crippen LogP contribution in [0.5, 0.6) is 0 Å². The molecule has 10 atom stereocenters. The van der Waals surface area contributed by atoms with E-state index < -0.39 is 62.7 Å². The monoisotopic (exact) mass is 656 g/mol. The zero-order chi connectivity index (χ0) is 30.4. The van der Waals surface area contributed by atoms with E-state index in [2.05, 4.69) is 38.8 Å². The Hall–Kier alpha value is -2.53. The van der Waals surface area contributed by atoms with E-state index in [0.717, 1.165) is 0 Å². The number of H-pyrrole nitrogens is 1. The molecule has 2 saturated heterocycles. The Bertz CT molecular complexity index is 1760. The zero-order valence-electron chi connectivity index (χ0n) is 22.7. The molecule has 6 N–H and O–H groups in total. The van der Waals surface area contributed by atoms with E-state index in [0.29, 0.717) is 17.8 Å². The molecule has 4 fully saturated rings. The van der Waals surface area contributed by atoms with Crippen LogP contribution in [0, 0.1) is 18.3 Å². The Kier molecular flexibility index (Phi) is 6.96. The predicted molar refractivity (Wildman–Crippen MR) is 154 cm³/mol. The summed E-state index contributed by atoms with van der Waals surface area (Å²) in [5.74, 6) is -0.325. The molecule has 5 heterocycles. The quantitative estimate of drug-likeness (QED) is 0.197. The fourth-order valence-corrected chi connectivity index (χ4v) is 9.17. The van der Waals surface area contributed by atoms with Gasteiger partial charge in [0.15, 0.2) is 17.4 Å². The Morgan fingerprint density at radius 2 is 2.12 bits per heavy atom. The molecule has 0 radical (unpaired) electrons. The van der Waals surface area contributed by atoms with Gasteiger partial charge in [-0.05, 0) is 19.3 Å². The van der Waals surface area contributed by atoms with Gasteiger partial charge in [-0.15, -0.1) is 0 Å². The maximum Gasteiger partial charge on any atom is 0.386 e. The Morgan fingerprint density at radius 1 is 1.35 bits per heavy atom. The lowest BCUT2D eigenvalue weighted by atomic mass is 10.0. The van der Waals surface area contributed by atoms with Gasteiger partial charge in [-0.1, -0.05) is 18.8 Å². The second-order valence-corrected chi connectivity index (χ2v) is 15.2. The minimum absolute atomic E-state index is 0.0260. The molecule has 0 aromatic carbocycles. The number of imidazole rings is 2. The van der Waals surface area contributed by atoms with Gasteiger partial charge in [0.1, 0.15) is 24.0 Å². The average Bonchev–Trinajstić information content (AvgIpc) is 3.24. The van der Waals surface area contributed by atoms with Crippen LogP contribution in [0.15, 0.2) is 24.0 Å². The summed E-state index contributed by atoms with van der Waals surface area (Å²) < 4.78 is 59.3. The Balaban J connectivity index is 1.18. The van der Waals surface area contributed by atoms with Crippen LogP contribution in [0.1, 0.15) is 36.5 Å². The van der Waals surface area contributed by atoms with Gasteiger partial charge in [-0.2, -0.15) is 4.98 Å². The van der Waals surface area contributed by atoms with Gasteiger partial charge in [-0.25, -0.2) is 14.5 Å². The molecular weight excluding hydrogens is 626 g/mol. The Labute approximate surface area is 249 Å². The molecule has 3 aromatic heterocycles. The molecular formula is C23H30N8O9P2S. The third kappa shape index (κ3) is 4.80. The molecule has 7 rings (SSSR count). The van der Waals surface area contributed by atoms with Gasteiger partial charge < -0.3 is 34.9 Å². The SMILES string of the molecule is C=C(N)c1ncn([C@H]2[C@H](O)[C@@H]3O[P@@](=O)(S)OC[C@@H]4C[C@@H](O[PH](=O)OCC35C[C@H]25)[C@H](n2cnc3c(=O)[nH]c(N)nc32)O4)c1C. The first kappa shape index (κ1) is 29.2. The molecule has 232 valence electrons. The second-order valence-electron chi connectivity index (χ2n) is 11.3. The van der Waals surface area contributed by atoms with Crippen molar-refractivity contribution in [2.24, 2.45) is 17.1 Å². The lowest BCUT2D eigenvalue weighted by molar-refractivity contribution is -0.0526. The number of hydrogen-bond acceptors (Lipinski definition) is 14. The normalized spacial score (nSPS) is 39.4. The van der Waals surface area contributed by atoms with E-state index in [4.69, 9.17) is 34.3 Å². The number of thiol groups is 1. The largest absolute Gasteiger partial charge is 0.397 e. The van der Waals surface area contributed by atoms with E-state index in [-0.39, 0.29) is 48.4 Å². The first-order valence-corrected chi connectivity index (χ1v) is 17.3. The number of nitrogens with one attached hydrogen (secondary N) is 1. The molecule has 0 amide bonds. The maximum absolute atomic E-state index is 13.5. The summed E-state index contributed by atoms with van der Waals surface area (Å²) in [7, 11) is -3.14. The average molecular weight is 657 g/mol. The number of anilines is 1. The van der Waals surface area contributed by atoms with E-state index in [1.165, 1.54) is 10.9 Å². The lowest BCUT2D eigenvalue weighted by Gasteiger charge is -2.30. The van der Waals surface area contributed by atoms with Gasteiger partial charge in [0.05, 0.1) is 43.7 Å². The standard InChI is InChI=1S/C23H30N8O9P2S/c1-9(24)14-10(2)30(7-26-14)16-12-4-23(12)6-36-41(34)39-13-3-11(5-37-42(35,43)40-18(23)17(16)32)38-21(13)31-8-27-15-19(31)28-22(25)29-20(15)33/h7-8,11-13,16-18,21,32,41H,1,3-6,24H2,2H3,(H,35,43)(H3,25,28,29,33)/t11-,12+,13+,16+,17-,18-,21+,23?,42-/m0/s1. The predicted octanol–water partition coefficient (Wildman–Crippen LogP) is 1.29. The number of rotatable bonds is 3. The topological polar surface area (TPSA) is 234 Å². The molecule has 2 aliphatic carbocycles. The molecule has 20 heteroatoms. The molecule has 43 heavy (non-hydrogen) atoms. The van der Waals surface area contributed by atoms with Gasteiger partial charge >= 0.3 is 15.1 Å². The van der Waals surface area contributed by atoms with Crippen LogP contribution in [-0.2, 0) is 32.0 Å². The van der Waals surface area contributed by atoms with Gasteiger partial charge in [0.25, 0.3) is 5.56 Å². The molecule has 4 aliphatic rings. The summed E-state index contributed by atoms with van der Waals surface area (Å²) in [5.41, 5.74) is 11.9. The molecule has 2 aliphatic heterocycles. The summed E-state index contributed by atoms with van der Waals surface area (Å²) in [4.78, 5) is 27.3. The first-order chi connectivity index (χ1) is 20.4. The molecule has 2 bridgehead atoms. The number of aliphatic hydroxyl groups excluding tert-OH is 1. The molecule has 3 aromatic rings. The van der Waals surface area contributed by atoms with Crippen molar-refractivity contribution in [2.75, 3.05) is 18.9 Å². The van der Waals surface area contributed by atoms with Crippen LogP contribution in [0.2, 0.25) is 0 Å². The third-order valence-corrected chi connectivity index (χ3v) is 11.2. The van der Waals surface area contributed by atoms with E-state index in [1.807, 2.05) is 6.92 Å². The lowest BCUT2D eigenvalue weighted by Crippen LogP contribution is -2.37. The zero-order valence-corrected chi connectivity index (χ0v) is 25.5. The number of nitrogen functional groups attached to an aromatic ring is 1. The van der Waals surface area contributed by atoms with E-state index in [9.17, 15) is 19.0 Å². The van der Waals surface area contributed by atoms with Crippen molar-refractivity contribution in [3.8, 4) is 0 Å². The minimum Gasteiger partial charge on any atom is -0.397 e. The maximum atomic E-state index is 13.5. The van der Waals surface area contributed by atoms with Crippen molar-refractivity contribution in [3.05, 3.63) is 41.0 Å². The van der Waals surface area contributed by atoms with Gasteiger partial charge in [0, 0.05) is 17.5 Å². The third-order valence-electron chi connectivity index (χ3n) is 8.73. The summed E-state index contributed by atoms with van der Waals surface area (Å²) in [6, 6.07) is -0.528. The van der Waals surface area contributed by atoms with Crippen LogP contribution >= 0.6 is 27.3 Å². The Morgan fingerprint density at radius 3 is 2.86 bits per heavy atom. The summed E-state index contributed by atoms with van der Waals surface area (Å²) in [6.07, 6.45) is -1.10. The number of ether oxygens (including phenoxy) is 1. The number of hydrogen-bond donors (Lipinski definition) is 5. The minimum atomic E-state index is -4.06. The van der Waals surface area contributed by atoms with Crippen molar-refractivity contribution in [2.45, 2.75) is 56.5 Å². The molecule has 2 saturated carbocycles. The number of aromatic amines is 1. The van der Waals surface area contributed by atoms with Crippen LogP contribution < -0.4 is 17.0 Å². The van der Waals surface area contributed by atoms with Crippen molar-refractivity contribution in [3.63, 3.8) is 0 Å². The number of nitrogens with two attached hydrogens (primary N) is 2. The number of fused-ring (bicyclic) bond motifs is 3. The van der Waals surface area contributed by atoms with Crippen LogP contribution in [0.4, 0.5) is 5.95 Å².